The number of imide groups is 1. The average molecular weight is 407 g/mol. The van der Waals surface area contributed by atoms with Crippen LogP contribution >= 0.6 is 23.4 Å². The van der Waals surface area contributed by atoms with Crippen molar-refractivity contribution in [3.63, 3.8) is 0 Å². The van der Waals surface area contributed by atoms with Crippen molar-refractivity contribution in [2.24, 2.45) is 0 Å². The summed E-state index contributed by atoms with van der Waals surface area (Å²) in [7, 11) is 0. The lowest BCUT2D eigenvalue weighted by molar-refractivity contribution is -0.113. The molecule has 0 atom stereocenters. The molecule has 3 aromatic rings. The minimum Gasteiger partial charge on any atom is -0.302 e. The summed E-state index contributed by atoms with van der Waals surface area (Å²) in [4.78, 5) is 28.3. The number of anilines is 1. The third kappa shape index (κ3) is 3.96. The Morgan fingerprint density at radius 1 is 0.857 bits per heavy atom. The maximum atomic E-state index is 12.7. The number of carbonyl (C=O) groups is 2. The maximum Gasteiger partial charge on any atom is 0.333 e. The van der Waals surface area contributed by atoms with Gasteiger partial charge >= 0.3 is 6.03 Å². The Balaban J connectivity index is 1.53. The zero-order valence-electron chi connectivity index (χ0n) is 14.6. The lowest BCUT2D eigenvalue weighted by atomic mass is 10.2. The molecule has 3 aromatic carbocycles. The fourth-order valence-electron chi connectivity index (χ4n) is 2.81. The highest BCUT2D eigenvalue weighted by atomic mass is 35.5. The molecular weight excluding hydrogens is 392 g/mol. The zero-order valence-corrected chi connectivity index (χ0v) is 16.2. The second-order valence-corrected chi connectivity index (χ2v) is 7.68. The van der Waals surface area contributed by atoms with E-state index in [1.165, 1.54) is 0 Å². The molecule has 0 radical (unpaired) electrons. The van der Waals surface area contributed by atoms with Crippen molar-refractivity contribution in [3.05, 3.63) is 95.1 Å². The Hall–Kier alpha value is -3.02. The molecule has 1 N–H and O–H groups in total. The van der Waals surface area contributed by atoms with Gasteiger partial charge in [0.2, 0.25) is 0 Å². The molecular formula is C22H15ClN2O2S. The van der Waals surface area contributed by atoms with Crippen LogP contribution in [-0.2, 0) is 4.79 Å². The normalized spacial score (nSPS) is 15.2. The molecule has 0 spiro atoms. The summed E-state index contributed by atoms with van der Waals surface area (Å²) < 4.78 is 0. The van der Waals surface area contributed by atoms with Crippen molar-refractivity contribution < 1.29 is 9.59 Å². The van der Waals surface area contributed by atoms with Gasteiger partial charge in [0.05, 0.1) is 5.69 Å². The molecule has 3 amide bonds. The van der Waals surface area contributed by atoms with Gasteiger partial charge in [0.25, 0.3) is 5.91 Å². The van der Waals surface area contributed by atoms with E-state index in [0.29, 0.717) is 10.7 Å². The second-order valence-electron chi connectivity index (χ2n) is 6.09. The van der Waals surface area contributed by atoms with Crippen LogP contribution in [-0.4, -0.2) is 11.9 Å². The highest BCUT2D eigenvalue weighted by Gasteiger charge is 2.34. The number of urea groups is 1. The van der Waals surface area contributed by atoms with Gasteiger partial charge in [-0.1, -0.05) is 59.8 Å². The van der Waals surface area contributed by atoms with Gasteiger partial charge in [0, 0.05) is 14.8 Å². The quantitative estimate of drug-likeness (QED) is 0.454. The van der Waals surface area contributed by atoms with Gasteiger partial charge in [0.1, 0.15) is 5.70 Å². The summed E-state index contributed by atoms with van der Waals surface area (Å²) in [5.41, 5.74) is 1.50. The minimum atomic E-state index is -0.491. The van der Waals surface area contributed by atoms with Crippen molar-refractivity contribution in [2.45, 2.75) is 9.79 Å². The molecule has 0 bridgehead atoms. The largest absolute Gasteiger partial charge is 0.333 e. The molecule has 28 heavy (non-hydrogen) atoms. The number of nitrogens with one attached hydrogen (secondary N) is 1. The topological polar surface area (TPSA) is 49.4 Å². The molecule has 1 fully saturated rings. The number of rotatable bonds is 4. The van der Waals surface area contributed by atoms with Gasteiger partial charge in [-0.15, -0.1) is 0 Å². The number of nitrogens with zero attached hydrogens (tertiary/aromatic N) is 1. The number of amides is 3. The number of halogens is 1. The van der Waals surface area contributed by atoms with E-state index in [1.807, 2.05) is 42.5 Å². The molecule has 0 saturated carbocycles. The number of hydrogen-bond acceptors (Lipinski definition) is 3. The van der Waals surface area contributed by atoms with Crippen LogP contribution in [0.5, 0.6) is 0 Å². The summed E-state index contributed by atoms with van der Waals surface area (Å²) in [6, 6.07) is 24.0. The first-order chi connectivity index (χ1) is 13.6. The lowest BCUT2D eigenvalue weighted by Gasteiger charge is -2.11. The molecule has 0 aliphatic carbocycles. The van der Waals surface area contributed by atoms with E-state index < -0.39 is 11.9 Å². The summed E-state index contributed by atoms with van der Waals surface area (Å²) >= 11 is 7.63. The summed E-state index contributed by atoms with van der Waals surface area (Å²) in [5, 5.41) is 3.09. The standard InChI is InChI=1S/C22H15ClN2O2S/c23-16-5-4-6-17(14-16)25-21(26)20(24-22(25)27)13-15-9-11-19(12-10-15)28-18-7-2-1-3-8-18/h1-14H,(H,24,27). The third-order valence-corrected chi connectivity index (χ3v) is 5.37. The fourth-order valence-corrected chi connectivity index (χ4v) is 3.83. The van der Waals surface area contributed by atoms with Crippen LogP contribution in [0.25, 0.3) is 6.08 Å². The highest BCUT2D eigenvalue weighted by Crippen LogP contribution is 2.28. The second kappa shape index (κ2) is 7.92. The molecule has 1 heterocycles. The van der Waals surface area contributed by atoms with Gasteiger partial charge in [0.15, 0.2) is 0 Å². The van der Waals surface area contributed by atoms with Crippen LogP contribution in [0.3, 0.4) is 0 Å². The SMILES string of the molecule is O=C1NC(=Cc2ccc(Sc3ccccc3)cc2)C(=O)N1c1cccc(Cl)c1. The smallest absolute Gasteiger partial charge is 0.302 e. The van der Waals surface area contributed by atoms with Crippen molar-refractivity contribution >= 4 is 47.1 Å². The van der Waals surface area contributed by atoms with E-state index in [4.69, 9.17) is 11.6 Å². The molecule has 4 nitrogen and oxygen atoms in total. The molecule has 4 rings (SSSR count). The molecule has 0 unspecified atom stereocenters. The first-order valence-electron chi connectivity index (χ1n) is 8.56. The summed E-state index contributed by atoms with van der Waals surface area (Å²) in [6.07, 6.45) is 1.67. The Morgan fingerprint density at radius 2 is 1.57 bits per heavy atom. The third-order valence-electron chi connectivity index (χ3n) is 4.11. The van der Waals surface area contributed by atoms with Gasteiger partial charge < -0.3 is 5.32 Å². The lowest BCUT2D eigenvalue weighted by Crippen LogP contribution is -2.30. The Bertz CT molecular complexity index is 1070. The number of benzene rings is 3. The van der Waals surface area contributed by atoms with Crippen LogP contribution in [0.15, 0.2) is 94.4 Å². The summed E-state index contributed by atoms with van der Waals surface area (Å²) in [5.74, 6) is -0.407. The fraction of sp³-hybridized carbons (Fsp3) is 0. The van der Waals surface area contributed by atoms with Crippen molar-refractivity contribution in [1.29, 1.82) is 0 Å². The molecule has 0 aromatic heterocycles. The van der Waals surface area contributed by atoms with Crippen LogP contribution in [0.2, 0.25) is 5.02 Å². The molecule has 1 aliphatic heterocycles. The monoisotopic (exact) mass is 406 g/mol. The van der Waals surface area contributed by atoms with Gasteiger partial charge in [-0.05, 0) is 54.1 Å². The Kier molecular flexibility index (Phi) is 5.19. The van der Waals surface area contributed by atoms with Gasteiger partial charge in [-0.25, -0.2) is 9.69 Å². The maximum absolute atomic E-state index is 12.7. The van der Waals surface area contributed by atoms with Crippen LogP contribution in [0.1, 0.15) is 5.56 Å². The van der Waals surface area contributed by atoms with Crippen molar-refractivity contribution in [2.75, 3.05) is 4.90 Å². The summed E-state index contributed by atoms with van der Waals surface area (Å²) in [6.45, 7) is 0. The van der Waals surface area contributed by atoms with E-state index in [1.54, 1.807) is 42.1 Å². The van der Waals surface area contributed by atoms with Crippen molar-refractivity contribution in [1.82, 2.24) is 5.32 Å². The molecule has 1 aliphatic rings. The van der Waals surface area contributed by atoms with E-state index in [2.05, 4.69) is 17.4 Å². The molecule has 138 valence electrons. The average Bonchev–Trinajstić information content (AvgIpc) is 2.97. The molecule has 1 saturated heterocycles. The van der Waals surface area contributed by atoms with Gasteiger partial charge in [-0.2, -0.15) is 0 Å². The Labute approximate surface area is 171 Å². The molecule has 6 heteroatoms. The van der Waals surface area contributed by atoms with Crippen LogP contribution < -0.4 is 10.2 Å². The predicted octanol–water partition coefficient (Wildman–Crippen LogP) is 5.59. The van der Waals surface area contributed by atoms with E-state index in [0.717, 1.165) is 20.3 Å². The highest BCUT2D eigenvalue weighted by molar-refractivity contribution is 7.99. The van der Waals surface area contributed by atoms with E-state index in [9.17, 15) is 9.59 Å². The van der Waals surface area contributed by atoms with Crippen LogP contribution in [0.4, 0.5) is 10.5 Å². The zero-order chi connectivity index (χ0) is 19.5. The van der Waals surface area contributed by atoms with Gasteiger partial charge in [-0.3, -0.25) is 4.79 Å². The predicted molar refractivity (Wildman–Crippen MR) is 112 cm³/mol. The van der Waals surface area contributed by atoms with Crippen LogP contribution in [0, 0.1) is 0 Å². The number of hydrogen-bond donors (Lipinski definition) is 1. The Morgan fingerprint density at radius 3 is 2.29 bits per heavy atom. The van der Waals surface area contributed by atoms with Crippen molar-refractivity contribution in [3.8, 4) is 0 Å². The van der Waals surface area contributed by atoms with E-state index in [-0.39, 0.29) is 5.70 Å². The minimum absolute atomic E-state index is 0.230. The first-order valence-corrected chi connectivity index (χ1v) is 9.75. The van der Waals surface area contributed by atoms with E-state index >= 15 is 0 Å². The first kappa shape index (κ1) is 18.3. The number of carbonyl (C=O) groups excluding carboxylic acids is 2.